The van der Waals surface area contributed by atoms with Crippen LogP contribution in [0, 0.1) is 11.8 Å². The van der Waals surface area contributed by atoms with Crippen LogP contribution in [-0.4, -0.2) is 37.0 Å². The number of fused-ring (bicyclic) bond motifs is 2. The van der Waals surface area contributed by atoms with E-state index in [0.717, 1.165) is 25.7 Å². The Morgan fingerprint density at radius 2 is 1.86 bits per heavy atom. The normalized spacial score (nSPS) is 22.6. The molecule has 1 saturated carbocycles. The molecule has 2 aliphatic rings. The Balaban J connectivity index is 1.48. The number of rotatable bonds is 8. The van der Waals surface area contributed by atoms with Crippen LogP contribution >= 0.6 is 0 Å². The first-order chi connectivity index (χ1) is 17.6. The van der Waals surface area contributed by atoms with Crippen molar-refractivity contribution < 1.29 is 23.5 Å². The van der Waals surface area contributed by atoms with Gasteiger partial charge in [0.05, 0.1) is 32.7 Å². The van der Waals surface area contributed by atoms with E-state index in [0.29, 0.717) is 47.6 Å². The summed E-state index contributed by atoms with van der Waals surface area (Å²) < 4.78 is 16.4. The summed E-state index contributed by atoms with van der Waals surface area (Å²) in [4.78, 5) is 28.3. The van der Waals surface area contributed by atoms with Gasteiger partial charge in [0, 0.05) is 6.07 Å². The summed E-state index contributed by atoms with van der Waals surface area (Å²) in [6.45, 7) is 0.234. The molecule has 0 unspecified atom stereocenters. The molecule has 1 fully saturated rings. The first-order valence-electron chi connectivity index (χ1n) is 12.4. The summed E-state index contributed by atoms with van der Waals surface area (Å²) in [5.41, 5.74) is 2.28. The highest BCUT2D eigenvalue weighted by atomic mass is 16.5. The van der Waals surface area contributed by atoms with Crippen LogP contribution in [0.1, 0.15) is 36.1 Å². The van der Waals surface area contributed by atoms with E-state index in [9.17, 15) is 9.59 Å². The highest BCUT2D eigenvalue weighted by Crippen LogP contribution is 2.46. The molecule has 2 amide bonds. The van der Waals surface area contributed by atoms with Gasteiger partial charge in [0.15, 0.2) is 0 Å². The number of hydrogen-bond acceptors (Lipinski definition) is 5. The molecule has 3 atom stereocenters. The molecule has 5 rings (SSSR count). The molecular weight excluding hydrogens is 456 g/mol. The smallest absolute Gasteiger partial charge is 0.250 e. The van der Waals surface area contributed by atoms with Gasteiger partial charge >= 0.3 is 0 Å². The largest absolute Gasteiger partial charge is 0.497 e. The lowest BCUT2D eigenvalue weighted by Crippen LogP contribution is -2.60. The Kier molecular flexibility index (Phi) is 6.72. The van der Waals surface area contributed by atoms with Gasteiger partial charge in [-0.15, -0.1) is 0 Å². The van der Waals surface area contributed by atoms with Crippen LogP contribution in [0.2, 0.25) is 0 Å². The molecule has 0 aliphatic heterocycles. The van der Waals surface area contributed by atoms with Crippen molar-refractivity contribution in [3.8, 4) is 11.5 Å². The zero-order valence-electron chi connectivity index (χ0n) is 20.7. The summed E-state index contributed by atoms with van der Waals surface area (Å²) in [6.07, 6.45) is 6.36. The fraction of sp³-hybridized carbons (Fsp3) is 0.379. The van der Waals surface area contributed by atoms with Gasteiger partial charge in [0.1, 0.15) is 22.8 Å². The maximum absolute atomic E-state index is 14.1. The summed E-state index contributed by atoms with van der Waals surface area (Å²) >= 11 is 0. The van der Waals surface area contributed by atoms with Crippen molar-refractivity contribution in [3.63, 3.8) is 0 Å². The Bertz CT molecular complexity index is 1220. The molecule has 2 aromatic carbocycles. The Labute approximate surface area is 211 Å². The number of benzene rings is 2. The van der Waals surface area contributed by atoms with E-state index in [1.54, 1.807) is 49.6 Å². The van der Waals surface area contributed by atoms with Gasteiger partial charge in [0.25, 0.3) is 0 Å². The zero-order chi connectivity index (χ0) is 25.1. The van der Waals surface area contributed by atoms with Crippen molar-refractivity contribution in [1.82, 2.24) is 4.90 Å². The fourth-order valence-corrected chi connectivity index (χ4v) is 5.99. The quantitative estimate of drug-likeness (QED) is 0.459. The number of amides is 2. The van der Waals surface area contributed by atoms with Gasteiger partial charge in [-0.1, -0.05) is 24.3 Å². The molecule has 0 spiro atoms. The Morgan fingerprint density at radius 1 is 1.08 bits per heavy atom. The second-order valence-electron chi connectivity index (χ2n) is 9.80. The van der Waals surface area contributed by atoms with E-state index in [2.05, 4.69) is 29.6 Å². The van der Waals surface area contributed by atoms with E-state index in [1.165, 1.54) is 11.1 Å². The first-order valence-corrected chi connectivity index (χ1v) is 12.4. The summed E-state index contributed by atoms with van der Waals surface area (Å²) in [7, 11) is 3.14. The van der Waals surface area contributed by atoms with Gasteiger partial charge in [-0.05, 0) is 79.3 Å². The maximum Gasteiger partial charge on any atom is 0.250 e. The van der Waals surface area contributed by atoms with Crippen LogP contribution in [0.4, 0.5) is 5.69 Å². The number of furan rings is 1. The fourth-order valence-electron chi connectivity index (χ4n) is 5.99. The van der Waals surface area contributed by atoms with Crippen molar-refractivity contribution in [1.29, 1.82) is 0 Å². The molecule has 36 heavy (non-hydrogen) atoms. The average molecular weight is 489 g/mol. The minimum atomic E-state index is -1.01. The Morgan fingerprint density at radius 3 is 2.53 bits per heavy atom. The van der Waals surface area contributed by atoms with Crippen molar-refractivity contribution in [2.45, 2.75) is 44.2 Å². The lowest BCUT2D eigenvalue weighted by Gasteiger charge is -2.49. The minimum Gasteiger partial charge on any atom is -0.497 e. The second kappa shape index (κ2) is 10.1. The van der Waals surface area contributed by atoms with E-state index in [4.69, 9.17) is 13.9 Å². The molecule has 0 saturated heterocycles. The van der Waals surface area contributed by atoms with Crippen LogP contribution in [0.5, 0.6) is 11.5 Å². The zero-order valence-corrected chi connectivity index (χ0v) is 20.7. The van der Waals surface area contributed by atoms with Crippen molar-refractivity contribution in [2.75, 3.05) is 19.5 Å². The average Bonchev–Trinajstić information content (AvgIpc) is 3.43. The number of nitrogens with zero attached hydrogens (tertiary/aromatic N) is 1. The second-order valence-corrected chi connectivity index (χ2v) is 9.80. The van der Waals surface area contributed by atoms with Crippen LogP contribution in [0.25, 0.3) is 0 Å². The van der Waals surface area contributed by atoms with Gasteiger partial charge in [0.2, 0.25) is 12.3 Å². The summed E-state index contributed by atoms with van der Waals surface area (Å²) in [5, 5.41) is 3.08. The molecule has 7 heteroatoms. The monoisotopic (exact) mass is 488 g/mol. The molecule has 1 aromatic heterocycles. The topological polar surface area (TPSA) is 81.0 Å². The minimum absolute atomic E-state index is 0.207. The number of methoxy groups -OCH3 is 2. The van der Waals surface area contributed by atoms with Gasteiger partial charge in [-0.2, -0.15) is 0 Å². The van der Waals surface area contributed by atoms with Gasteiger partial charge in [-0.3, -0.25) is 9.59 Å². The number of hydrogen-bond donors (Lipinski definition) is 1. The van der Waals surface area contributed by atoms with Gasteiger partial charge < -0.3 is 24.1 Å². The lowest BCUT2D eigenvalue weighted by molar-refractivity contribution is -0.143. The Hall–Kier alpha value is -3.74. The summed E-state index contributed by atoms with van der Waals surface area (Å²) in [6, 6.07) is 17.5. The van der Waals surface area contributed by atoms with Crippen LogP contribution in [0.15, 0.2) is 65.3 Å². The maximum atomic E-state index is 14.1. The van der Waals surface area contributed by atoms with Crippen LogP contribution in [-0.2, 0) is 29.0 Å². The van der Waals surface area contributed by atoms with Crippen LogP contribution in [0.3, 0.4) is 0 Å². The third-order valence-corrected chi connectivity index (χ3v) is 7.94. The van der Waals surface area contributed by atoms with Gasteiger partial charge in [-0.25, -0.2) is 0 Å². The highest BCUT2D eigenvalue weighted by Gasteiger charge is 2.51. The van der Waals surface area contributed by atoms with Crippen molar-refractivity contribution in [2.24, 2.45) is 11.8 Å². The number of ether oxygens (including phenoxy) is 2. The third kappa shape index (κ3) is 4.45. The van der Waals surface area contributed by atoms with Crippen molar-refractivity contribution >= 4 is 18.0 Å². The molecule has 7 nitrogen and oxygen atoms in total. The van der Waals surface area contributed by atoms with E-state index in [-0.39, 0.29) is 12.5 Å². The predicted octanol–water partition coefficient (Wildman–Crippen LogP) is 4.85. The first kappa shape index (κ1) is 24.0. The molecule has 188 valence electrons. The molecule has 0 bridgehead atoms. The number of carbonyl (C=O) groups is 2. The number of anilines is 1. The number of carbonyl (C=O) groups excluding carboxylic acids is 2. The molecule has 0 radical (unpaired) electrons. The molecule has 1 heterocycles. The molecule has 3 aromatic rings. The molecular formula is C29H32N2O5. The lowest BCUT2D eigenvalue weighted by atomic mass is 9.62. The standard InChI is InChI=1S/C29H32N2O5/c1-34-24-9-10-26(27(16-24)35-2)30-28(33)29(31(19-32)18-25-8-5-13-36-25)12-11-22-14-20-6-3-4-7-21(20)15-23(22)17-29/h3-10,13,16,19,22-23H,11-12,14-15,17-18H2,1-2H3,(H,30,33)/t22-,23+,29+/m1/s1. The highest BCUT2D eigenvalue weighted by molar-refractivity contribution is 6.00. The van der Waals surface area contributed by atoms with E-state index < -0.39 is 5.54 Å². The van der Waals surface area contributed by atoms with Crippen LogP contribution < -0.4 is 14.8 Å². The van der Waals surface area contributed by atoms with E-state index in [1.807, 2.05) is 6.07 Å². The SMILES string of the molecule is COc1ccc(NC(=O)[C@]2(N(C=O)Cc3ccco3)CC[C@@H]3Cc4ccccc4C[C@H]3C2)c(OC)c1. The molecule has 1 N–H and O–H groups in total. The predicted molar refractivity (Wildman–Crippen MR) is 136 cm³/mol. The van der Waals surface area contributed by atoms with Crippen molar-refractivity contribution in [3.05, 3.63) is 77.7 Å². The number of nitrogens with one attached hydrogen (secondary N) is 1. The summed E-state index contributed by atoms with van der Waals surface area (Å²) in [5.74, 6) is 2.37. The molecule has 2 aliphatic carbocycles. The van der Waals surface area contributed by atoms with E-state index >= 15 is 0 Å². The third-order valence-electron chi connectivity index (χ3n) is 7.94.